The topological polar surface area (TPSA) is 52.0 Å². The lowest BCUT2D eigenvalue weighted by Gasteiger charge is -2.00. The van der Waals surface area contributed by atoms with Gasteiger partial charge in [0.2, 0.25) is 0 Å². The third-order valence-electron chi connectivity index (χ3n) is 5.80. The SMILES string of the molecule is Cn1c(C=C2C(=O)c3cc4ccccc4cc3C2=O)cc2sc(-c3ccccc3)nc21. The second kappa shape index (κ2) is 6.59. The van der Waals surface area contributed by atoms with Gasteiger partial charge in [0.15, 0.2) is 17.2 Å². The Hall–Kier alpha value is -3.83. The molecule has 3 aromatic carbocycles. The average Bonchev–Trinajstić information content (AvgIpc) is 3.41. The molecule has 2 heterocycles. The molecular formula is C26H16N2O2S. The van der Waals surface area contributed by atoms with Crippen LogP contribution in [0.4, 0.5) is 0 Å². The summed E-state index contributed by atoms with van der Waals surface area (Å²) >= 11 is 1.60. The first-order chi connectivity index (χ1) is 15.1. The van der Waals surface area contributed by atoms with Crippen molar-refractivity contribution in [1.29, 1.82) is 0 Å². The summed E-state index contributed by atoms with van der Waals surface area (Å²) in [6.45, 7) is 0. The van der Waals surface area contributed by atoms with Crippen LogP contribution >= 0.6 is 11.3 Å². The molecule has 5 aromatic rings. The van der Waals surface area contributed by atoms with Crippen LogP contribution in [-0.2, 0) is 7.05 Å². The van der Waals surface area contributed by atoms with E-state index in [0.29, 0.717) is 11.1 Å². The van der Waals surface area contributed by atoms with Gasteiger partial charge in [-0.05, 0) is 35.0 Å². The smallest absolute Gasteiger partial charge is 0.197 e. The quantitative estimate of drug-likeness (QED) is 0.263. The van der Waals surface area contributed by atoms with Crippen molar-refractivity contribution in [3.8, 4) is 10.6 Å². The molecule has 148 valence electrons. The van der Waals surface area contributed by atoms with Crippen molar-refractivity contribution in [2.45, 2.75) is 0 Å². The Kier molecular flexibility index (Phi) is 3.82. The number of ketones is 2. The molecule has 5 heteroatoms. The molecule has 1 aliphatic carbocycles. The normalized spacial score (nSPS) is 13.4. The van der Waals surface area contributed by atoms with Crippen molar-refractivity contribution in [2.75, 3.05) is 0 Å². The van der Waals surface area contributed by atoms with Gasteiger partial charge in [-0.25, -0.2) is 4.98 Å². The zero-order valence-electron chi connectivity index (χ0n) is 16.6. The number of carbonyl (C=O) groups excluding carboxylic acids is 2. The molecule has 6 rings (SSSR count). The van der Waals surface area contributed by atoms with E-state index in [4.69, 9.17) is 4.98 Å². The van der Waals surface area contributed by atoms with Gasteiger partial charge in [0.05, 0.1) is 10.3 Å². The Bertz CT molecular complexity index is 1520. The van der Waals surface area contributed by atoms with Crippen molar-refractivity contribution < 1.29 is 9.59 Å². The molecule has 0 N–H and O–H groups in total. The number of hydrogen-bond acceptors (Lipinski definition) is 4. The lowest BCUT2D eigenvalue weighted by atomic mass is 10.0. The van der Waals surface area contributed by atoms with Crippen molar-refractivity contribution in [2.24, 2.45) is 7.05 Å². The molecule has 0 saturated heterocycles. The van der Waals surface area contributed by atoms with Crippen molar-refractivity contribution in [3.05, 3.63) is 95.2 Å². The molecule has 0 aliphatic heterocycles. The summed E-state index contributed by atoms with van der Waals surface area (Å²) in [7, 11) is 1.91. The average molecular weight is 420 g/mol. The maximum Gasteiger partial charge on any atom is 0.197 e. The second-order valence-corrected chi connectivity index (χ2v) is 8.69. The van der Waals surface area contributed by atoms with Gasteiger partial charge in [-0.1, -0.05) is 54.6 Å². The standard InChI is InChI=1S/C26H16N2O2S/c1-28-18(14-22-25(28)27-26(31-22)15-7-3-2-4-8-15)13-21-23(29)19-11-16-9-5-6-10-17(16)12-20(19)24(21)30/h2-14H,1H3. The zero-order chi connectivity index (χ0) is 21.1. The highest BCUT2D eigenvalue weighted by Gasteiger charge is 2.33. The van der Waals surface area contributed by atoms with Crippen LogP contribution in [0.1, 0.15) is 26.4 Å². The molecule has 0 amide bonds. The fraction of sp³-hybridized carbons (Fsp3) is 0.0385. The van der Waals surface area contributed by atoms with E-state index in [1.807, 2.05) is 84.4 Å². The molecule has 0 spiro atoms. The molecule has 0 unspecified atom stereocenters. The van der Waals surface area contributed by atoms with Crippen LogP contribution in [-0.4, -0.2) is 21.1 Å². The number of aromatic nitrogens is 2. The Balaban J connectivity index is 1.43. The lowest BCUT2D eigenvalue weighted by Crippen LogP contribution is -2.02. The third-order valence-corrected chi connectivity index (χ3v) is 6.84. The van der Waals surface area contributed by atoms with Crippen LogP contribution in [0.2, 0.25) is 0 Å². The van der Waals surface area contributed by atoms with E-state index in [2.05, 4.69) is 0 Å². The molecule has 0 bridgehead atoms. The number of carbonyl (C=O) groups is 2. The Labute approximate surface area is 182 Å². The minimum atomic E-state index is -0.215. The van der Waals surface area contributed by atoms with Crippen molar-refractivity contribution in [3.63, 3.8) is 0 Å². The first-order valence-corrected chi connectivity index (χ1v) is 10.8. The van der Waals surface area contributed by atoms with E-state index >= 15 is 0 Å². The summed E-state index contributed by atoms with van der Waals surface area (Å²) in [5.41, 5.74) is 3.89. The summed E-state index contributed by atoms with van der Waals surface area (Å²) < 4.78 is 2.96. The molecule has 0 fully saturated rings. The Morgan fingerprint density at radius 1 is 0.839 bits per heavy atom. The van der Waals surface area contributed by atoms with Crippen LogP contribution in [0, 0.1) is 0 Å². The monoisotopic (exact) mass is 420 g/mol. The summed E-state index contributed by atoms with van der Waals surface area (Å²) in [5.74, 6) is -0.429. The molecule has 31 heavy (non-hydrogen) atoms. The number of thiazole rings is 1. The van der Waals surface area contributed by atoms with Gasteiger partial charge in [-0.3, -0.25) is 9.59 Å². The molecule has 0 saturated carbocycles. The number of rotatable bonds is 2. The Morgan fingerprint density at radius 2 is 1.45 bits per heavy atom. The van der Waals surface area contributed by atoms with Gasteiger partial charge in [-0.15, -0.1) is 11.3 Å². The van der Waals surface area contributed by atoms with E-state index in [1.165, 1.54) is 0 Å². The van der Waals surface area contributed by atoms with Gasteiger partial charge < -0.3 is 4.57 Å². The maximum absolute atomic E-state index is 13.0. The van der Waals surface area contributed by atoms with E-state index < -0.39 is 0 Å². The number of Topliss-reactive ketones (excluding diaryl/α,β-unsaturated/α-hetero) is 2. The molecule has 4 nitrogen and oxygen atoms in total. The molecular weight excluding hydrogens is 404 g/mol. The Morgan fingerprint density at radius 3 is 2.06 bits per heavy atom. The molecule has 1 aliphatic rings. The minimum Gasteiger partial charge on any atom is -0.328 e. The van der Waals surface area contributed by atoms with Crippen molar-refractivity contribution >= 4 is 50.1 Å². The highest BCUT2D eigenvalue weighted by atomic mass is 32.1. The predicted molar refractivity (Wildman–Crippen MR) is 125 cm³/mol. The van der Waals surface area contributed by atoms with Crippen LogP contribution < -0.4 is 0 Å². The van der Waals surface area contributed by atoms with Gasteiger partial charge in [-0.2, -0.15) is 0 Å². The van der Waals surface area contributed by atoms with Gasteiger partial charge in [0.25, 0.3) is 0 Å². The largest absolute Gasteiger partial charge is 0.328 e. The number of aryl methyl sites for hydroxylation is 1. The molecule has 2 aromatic heterocycles. The fourth-order valence-corrected chi connectivity index (χ4v) is 5.19. The van der Waals surface area contributed by atoms with Crippen molar-refractivity contribution in [1.82, 2.24) is 9.55 Å². The van der Waals surface area contributed by atoms with Gasteiger partial charge in [0, 0.05) is 29.4 Å². The summed E-state index contributed by atoms with van der Waals surface area (Å²) in [6, 6.07) is 23.5. The van der Waals surface area contributed by atoms with E-state index in [1.54, 1.807) is 17.4 Å². The highest BCUT2D eigenvalue weighted by molar-refractivity contribution is 7.21. The molecule has 0 atom stereocenters. The predicted octanol–water partition coefficient (Wildman–Crippen LogP) is 5.92. The second-order valence-electron chi connectivity index (χ2n) is 7.66. The molecule has 0 radical (unpaired) electrons. The summed E-state index contributed by atoms with van der Waals surface area (Å²) in [6.07, 6.45) is 1.70. The lowest BCUT2D eigenvalue weighted by molar-refractivity contribution is 0.0990. The number of benzene rings is 3. The number of allylic oxidation sites excluding steroid dienone is 1. The van der Waals surface area contributed by atoms with Gasteiger partial charge in [0.1, 0.15) is 5.01 Å². The maximum atomic E-state index is 13.0. The first kappa shape index (κ1) is 18.0. The van der Waals surface area contributed by atoms with Gasteiger partial charge >= 0.3 is 0 Å². The highest BCUT2D eigenvalue weighted by Crippen LogP contribution is 2.35. The van der Waals surface area contributed by atoms with Crippen LogP contribution in [0.3, 0.4) is 0 Å². The van der Waals surface area contributed by atoms with E-state index in [-0.39, 0.29) is 17.1 Å². The minimum absolute atomic E-state index is 0.210. The van der Waals surface area contributed by atoms with E-state index in [9.17, 15) is 9.59 Å². The summed E-state index contributed by atoms with van der Waals surface area (Å²) in [5, 5.41) is 2.87. The van der Waals surface area contributed by atoms with Crippen LogP contribution in [0.15, 0.2) is 78.4 Å². The number of nitrogens with zero attached hydrogens (tertiary/aromatic N) is 2. The summed E-state index contributed by atoms with van der Waals surface area (Å²) in [4.78, 5) is 30.9. The zero-order valence-corrected chi connectivity index (χ0v) is 17.4. The number of hydrogen-bond donors (Lipinski definition) is 0. The third kappa shape index (κ3) is 2.71. The number of fused-ring (bicyclic) bond motifs is 3. The van der Waals surface area contributed by atoms with Crippen LogP contribution in [0.25, 0.3) is 37.8 Å². The van der Waals surface area contributed by atoms with E-state index in [0.717, 1.165) is 37.4 Å². The van der Waals surface area contributed by atoms with Crippen LogP contribution in [0.5, 0.6) is 0 Å². The fourth-order valence-electron chi connectivity index (χ4n) is 4.14. The first-order valence-electron chi connectivity index (χ1n) is 9.96.